The molecule has 4 rings (SSSR count). The van der Waals surface area contributed by atoms with E-state index in [1.807, 2.05) is 0 Å². The summed E-state index contributed by atoms with van der Waals surface area (Å²) < 4.78 is 33.9. The minimum Gasteiger partial charge on any atom is -0.423 e. The van der Waals surface area contributed by atoms with Crippen molar-refractivity contribution < 1.29 is 22.9 Å². The molecule has 0 saturated heterocycles. The third kappa shape index (κ3) is 5.03. The molecule has 0 bridgehead atoms. The summed E-state index contributed by atoms with van der Waals surface area (Å²) in [6.07, 6.45) is 5.18. The third-order valence-electron chi connectivity index (χ3n) is 5.76. The highest BCUT2D eigenvalue weighted by atomic mass is 32.2. The zero-order valence-corrected chi connectivity index (χ0v) is 18.0. The van der Waals surface area contributed by atoms with Crippen molar-refractivity contribution in [2.75, 3.05) is 10.5 Å². The molecule has 164 valence electrons. The van der Waals surface area contributed by atoms with Gasteiger partial charge in [-0.2, -0.15) is 0 Å². The summed E-state index contributed by atoms with van der Waals surface area (Å²) in [6.45, 7) is 0.280. The summed E-state index contributed by atoms with van der Waals surface area (Å²) in [7, 11) is -5.06. The normalized spacial score (nSPS) is 16.7. The van der Waals surface area contributed by atoms with Gasteiger partial charge in [0.1, 0.15) is 0 Å². The van der Waals surface area contributed by atoms with Gasteiger partial charge in [-0.1, -0.05) is 25.3 Å². The first-order chi connectivity index (χ1) is 14.8. The SMILES string of the molecule is Nc1ccc(S(=O)(=O)Nc2ccc3c(c2)B(O)OC3)c(CC(=O)NC2CCCCC2)c1. The van der Waals surface area contributed by atoms with Crippen LogP contribution in [0, 0.1) is 0 Å². The Bertz CT molecular complexity index is 1090. The van der Waals surface area contributed by atoms with Gasteiger partial charge in [0.05, 0.1) is 17.9 Å². The van der Waals surface area contributed by atoms with Crippen molar-refractivity contribution >= 4 is 39.9 Å². The van der Waals surface area contributed by atoms with E-state index >= 15 is 0 Å². The van der Waals surface area contributed by atoms with Gasteiger partial charge in [0.2, 0.25) is 5.91 Å². The first kappa shape index (κ1) is 21.7. The average molecular weight is 443 g/mol. The van der Waals surface area contributed by atoms with E-state index in [1.165, 1.54) is 24.6 Å². The van der Waals surface area contributed by atoms with Crippen LogP contribution in [0.1, 0.15) is 43.2 Å². The zero-order chi connectivity index (χ0) is 22.0. The lowest BCUT2D eigenvalue weighted by Crippen LogP contribution is -2.37. The van der Waals surface area contributed by atoms with E-state index in [4.69, 9.17) is 10.4 Å². The Balaban J connectivity index is 1.54. The van der Waals surface area contributed by atoms with Crippen molar-refractivity contribution in [1.29, 1.82) is 0 Å². The number of carbonyl (C=O) groups excluding carboxylic acids is 1. The second kappa shape index (κ2) is 8.90. The molecule has 0 radical (unpaired) electrons. The Morgan fingerprint density at radius 2 is 1.94 bits per heavy atom. The number of sulfonamides is 1. The van der Waals surface area contributed by atoms with Crippen molar-refractivity contribution in [1.82, 2.24) is 5.32 Å². The number of hydrogen-bond donors (Lipinski definition) is 4. The number of nitrogens with one attached hydrogen (secondary N) is 2. The molecule has 0 spiro atoms. The van der Waals surface area contributed by atoms with Crippen molar-refractivity contribution in [3.63, 3.8) is 0 Å². The lowest BCUT2D eigenvalue weighted by atomic mass is 9.79. The summed E-state index contributed by atoms with van der Waals surface area (Å²) in [5, 5.41) is 12.9. The molecule has 0 unspecified atom stereocenters. The number of nitrogen functional groups attached to an aromatic ring is 1. The smallest absolute Gasteiger partial charge is 0.423 e. The van der Waals surface area contributed by atoms with Crippen LogP contribution in [0.3, 0.4) is 0 Å². The molecular weight excluding hydrogens is 417 g/mol. The maximum Gasteiger partial charge on any atom is 0.491 e. The van der Waals surface area contributed by atoms with Crippen LogP contribution in [0.4, 0.5) is 11.4 Å². The Hall–Kier alpha value is -2.56. The van der Waals surface area contributed by atoms with Crippen molar-refractivity contribution in [2.24, 2.45) is 0 Å². The summed E-state index contributed by atoms with van der Waals surface area (Å²) in [4.78, 5) is 12.6. The minimum absolute atomic E-state index is 0.00205. The number of hydrogen-bond acceptors (Lipinski definition) is 6. The minimum atomic E-state index is -3.98. The first-order valence-corrected chi connectivity index (χ1v) is 11.9. The second-order valence-electron chi connectivity index (χ2n) is 8.13. The monoisotopic (exact) mass is 443 g/mol. The van der Waals surface area contributed by atoms with E-state index in [0.717, 1.165) is 31.2 Å². The Kier molecular flexibility index (Phi) is 6.22. The lowest BCUT2D eigenvalue weighted by Gasteiger charge is -2.23. The molecule has 1 heterocycles. The number of carbonyl (C=O) groups is 1. The highest BCUT2D eigenvalue weighted by Gasteiger charge is 2.28. The van der Waals surface area contributed by atoms with Gasteiger partial charge >= 0.3 is 7.12 Å². The number of fused-ring (bicyclic) bond motifs is 1. The third-order valence-corrected chi connectivity index (χ3v) is 7.24. The molecule has 10 heteroatoms. The molecule has 2 aromatic rings. The topological polar surface area (TPSA) is 131 Å². The van der Waals surface area contributed by atoms with Gasteiger partial charge in [0, 0.05) is 17.4 Å². The molecule has 5 N–H and O–H groups in total. The molecule has 2 aliphatic rings. The maximum atomic E-state index is 13.1. The number of nitrogens with two attached hydrogens (primary N) is 1. The largest absolute Gasteiger partial charge is 0.491 e. The van der Waals surface area contributed by atoms with Crippen LogP contribution in [0.15, 0.2) is 41.3 Å². The van der Waals surface area contributed by atoms with Crippen LogP contribution in [0.2, 0.25) is 0 Å². The van der Waals surface area contributed by atoms with Gasteiger partial charge in [-0.25, -0.2) is 8.42 Å². The number of anilines is 2. The van der Waals surface area contributed by atoms with Crippen molar-refractivity contribution in [3.8, 4) is 0 Å². The highest BCUT2D eigenvalue weighted by molar-refractivity contribution is 7.92. The number of rotatable bonds is 6. The van der Waals surface area contributed by atoms with Gasteiger partial charge in [0.15, 0.2) is 0 Å². The summed E-state index contributed by atoms with van der Waals surface area (Å²) in [5.41, 5.74) is 8.24. The molecule has 31 heavy (non-hydrogen) atoms. The van der Waals surface area contributed by atoms with Crippen LogP contribution in [-0.4, -0.2) is 32.5 Å². The predicted molar refractivity (Wildman–Crippen MR) is 119 cm³/mol. The predicted octanol–water partition coefficient (Wildman–Crippen LogP) is 1.28. The van der Waals surface area contributed by atoms with Gasteiger partial charge in [-0.15, -0.1) is 0 Å². The zero-order valence-electron chi connectivity index (χ0n) is 17.1. The van der Waals surface area contributed by atoms with E-state index < -0.39 is 17.1 Å². The van der Waals surface area contributed by atoms with Crippen LogP contribution in [-0.2, 0) is 32.5 Å². The van der Waals surface area contributed by atoms with Gasteiger partial charge in [-0.05, 0) is 59.8 Å². The standard InChI is InChI=1S/C21H26BN3O5S/c23-16-7-9-20(15(10-16)11-21(26)24-17-4-2-1-3-5-17)31(28,29)25-18-8-6-14-13-30-22(27)19(14)12-18/h6-10,12,17,25,27H,1-5,11,13,23H2,(H,24,26). The van der Waals surface area contributed by atoms with Crippen LogP contribution in [0.25, 0.3) is 0 Å². The molecule has 8 nitrogen and oxygen atoms in total. The van der Waals surface area contributed by atoms with E-state index in [-0.39, 0.29) is 29.9 Å². The molecule has 0 aromatic heterocycles. The van der Waals surface area contributed by atoms with Gasteiger partial charge in [-0.3, -0.25) is 9.52 Å². The highest BCUT2D eigenvalue weighted by Crippen LogP contribution is 2.24. The number of benzene rings is 2. The Morgan fingerprint density at radius 3 is 2.71 bits per heavy atom. The molecule has 1 fully saturated rings. The van der Waals surface area contributed by atoms with Crippen LogP contribution >= 0.6 is 0 Å². The number of amides is 1. The van der Waals surface area contributed by atoms with Gasteiger partial charge < -0.3 is 20.7 Å². The molecular formula is C21H26BN3O5S. The quantitative estimate of drug-likeness (QED) is 0.393. The fourth-order valence-corrected chi connectivity index (χ4v) is 5.46. The van der Waals surface area contributed by atoms with Gasteiger partial charge in [0.25, 0.3) is 10.0 Å². The fraction of sp³-hybridized carbons (Fsp3) is 0.381. The van der Waals surface area contributed by atoms with E-state index in [1.54, 1.807) is 18.2 Å². The molecule has 1 amide bonds. The van der Waals surface area contributed by atoms with Crippen molar-refractivity contribution in [2.45, 2.75) is 56.1 Å². The molecule has 1 aliphatic carbocycles. The van der Waals surface area contributed by atoms with Crippen LogP contribution in [0.5, 0.6) is 0 Å². The molecule has 1 aliphatic heterocycles. The fourth-order valence-electron chi connectivity index (χ4n) is 4.19. The Labute approximate surface area is 182 Å². The van der Waals surface area contributed by atoms with Crippen molar-refractivity contribution in [3.05, 3.63) is 47.5 Å². The van der Waals surface area contributed by atoms with Crippen LogP contribution < -0.4 is 21.2 Å². The first-order valence-electron chi connectivity index (χ1n) is 10.4. The summed E-state index contributed by atoms with van der Waals surface area (Å²) in [6, 6.07) is 9.45. The van der Waals surface area contributed by atoms with E-state index in [2.05, 4.69) is 10.0 Å². The average Bonchev–Trinajstić information content (AvgIpc) is 3.08. The summed E-state index contributed by atoms with van der Waals surface area (Å²) >= 11 is 0. The van der Waals surface area contributed by atoms with E-state index in [0.29, 0.717) is 22.4 Å². The summed E-state index contributed by atoms with van der Waals surface area (Å²) in [5.74, 6) is -0.216. The Morgan fingerprint density at radius 1 is 1.16 bits per heavy atom. The molecule has 2 aromatic carbocycles. The molecule has 0 atom stereocenters. The second-order valence-corrected chi connectivity index (χ2v) is 9.78. The molecule has 1 saturated carbocycles. The maximum absolute atomic E-state index is 13.1. The lowest BCUT2D eigenvalue weighted by molar-refractivity contribution is -0.121. The van der Waals surface area contributed by atoms with E-state index in [9.17, 15) is 18.2 Å².